The zero-order valence-corrected chi connectivity index (χ0v) is 14.1. The molecule has 0 spiro atoms. The quantitative estimate of drug-likeness (QED) is 0.935. The van der Waals surface area contributed by atoms with E-state index >= 15 is 0 Å². The van der Waals surface area contributed by atoms with Gasteiger partial charge >= 0.3 is 0 Å². The summed E-state index contributed by atoms with van der Waals surface area (Å²) in [5.74, 6) is -0.160. The van der Waals surface area contributed by atoms with E-state index in [0.29, 0.717) is 13.1 Å². The van der Waals surface area contributed by atoms with Crippen molar-refractivity contribution < 1.29 is 9.59 Å². The summed E-state index contributed by atoms with van der Waals surface area (Å²) < 4.78 is 0. The van der Waals surface area contributed by atoms with Gasteiger partial charge in [0.15, 0.2) is 0 Å². The van der Waals surface area contributed by atoms with Crippen molar-refractivity contribution in [3.8, 4) is 9.88 Å². The minimum Gasteiger partial charge on any atom is -0.352 e. The number of aromatic nitrogens is 1. The van der Waals surface area contributed by atoms with Crippen molar-refractivity contribution in [2.45, 2.75) is 25.8 Å². The van der Waals surface area contributed by atoms with E-state index in [1.807, 2.05) is 22.9 Å². The van der Waals surface area contributed by atoms with E-state index in [9.17, 15) is 9.59 Å². The molecule has 0 aliphatic carbocycles. The highest BCUT2D eigenvalue weighted by Gasteiger charge is 2.40. The number of rotatable bonds is 3. The Morgan fingerprint density at radius 3 is 3.00 bits per heavy atom. The second-order valence-corrected chi connectivity index (χ2v) is 7.46. The number of thiophene rings is 1. The lowest BCUT2D eigenvalue weighted by molar-refractivity contribution is -0.148. The van der Waals surface area contributed by atoms with Gasteiger partial charge in [-0.3, -0.25) is 9.59 Å². The summed E-state index contributed by atoms with van der Waals surface area (Å²) in [5, 5.41) is 7.67. The average molecular weight is 335 g/mol. The molecule has 0 saturated carbocycles. The van der Waals surface area contributed by atoms with E-state index in [1.54, 1.807) is 41.4 Å². The summed E-state index contributed by atoms with van der Waals surface area (Å²) in [7, 11) is 0. The third kappa shape index (κ3) is 2.78. The lowest BCUT2D eigenvalue weighted by Crippen LogP contribution is -2.63. The Morgan fingerprint density at radius 1 is 1.45 bits per heavy atom. The third-order valence-corrected chi connectivity index (χ3v) is 5.70. The summed E-state index contributed by atoms with van der Waals surface area (Å²) in [5.41, 5.74) is -0.0396. The van der Waals surface area contributed by atoms with Gasteiger partial charge in [-0.1, -0.05) is 6.07 Å². The van der Waals surface area contributed by atoms with Gasteiger partial charge in [0, 0.05) is 18.5 Å². The summed E-state index contributed by atoms with van der Waals surface area (Å²) >= 11 is 3.18. The first-order chi connectivity index (χ1) is 10.5. The van der Waals surface area contributed by atoms with Gasteiger partial charge in [-0.15, -0.1) is 22.7 Å². The smallest absolute Gasteiger partial charge is 0.245 e. The molecule has 7 heteroatoms. The Bertz CT molecular complexity index is 691. The molecular weight excluding hydrogens is 318 g/mol. The standard InChI is InChI=1S/C15H17N3O2S2/c1-15(2)14(20)16-5-6-18(15)12(19)8-10-9-22-13(17-10)11-4-3-7-21-11/h3-4,7,9H,5-6,8H2,1-2H3,(H,16,20). The van der Waals surface area contributed by atoms with Crippen LogP contribution in [0.4, 0.5) is 0 Å². The monoisotopic (exact) mass is 335 g/mol. The van der Waals surface area contributed by atoms with Crippen molar-refractivity contribution in [1.82, 2.24) is 15.2 Å². The van der Waals surface area contributed by atoms with Gasteiger partial charge in [0.05, 0.1) is 17.0 Å². The number of carbonyl (C=O) groups is 2. The first-order valence-electron chi connectivity index (χ1n) is 7.05. The van der Waals surface area contributed by atoms with Crippen LogP contribution < -0.4 is 5.32 Å². The minimum atomic E-state index is -0.804. The Kier molecular flexibility index (Phi) is 4.01. The fraction of sp³-hybridized carbons (Fsp3) is 0.400. The fourth-order valence-corrected chi connectivity index (χ4v) is 4.12. The Labute approximate surface area is 137 Å². The average Bonchev–Trinajstić information content (AvgIpc) is 3.12. The Balaban J connectivity index is 1.73. The fourth-order valence-electron chi connectivity index (χ4n) is 2.49. The summed E-state index contributed by atoms with van der Waals surface area (Å²) in [4.78, 5) is 31.8. The third-order valence-electron chi connectivity index (χ3n) is 3.77. The maximum absolute atomic E-state index is 12.5. The highest BCUT2D eigenvalue weighted by molar-refractivity contribution is 7.20. The molecule has 0 unspecified atom stereocenters. The molecule has 5 nitrogen and oxygen atoms in total. The van der Waals surface area contributed by atoms with Crippen LogP contribution >= 0.6 is 22.7 Å². The maximum atomic E-state index is 12.5. The highest BCUT2D eigenvalue weighted by Crippen LogP contribution is 2.28. The summed E-state index contributed by atoms with van der Waals surface area (Å²) in [6, 6.07) is 4.01. The van der Waals surface area contributed by atoms with Gasteiger partial charge < -0.3 is 10.2 Å². The van der Waals surface area contributed by atoms with Crippen molar-refractivity contribution in [2.24, 2.45) is 0 Å². The van der Waals surface area contributed by atoms with Crippen LogP contribution in [0, 0.1) is 0 Å². The molecule has 0 radical (unpaired) electrons. The molecule has 1 N–H and O–H groups in total. The van der Waals surface area contributed by atoms with Gasteiger partial charge in [0.1, 0.15) is 10.5 Å². The minimum absolute atomic E-state index is 0.0529. The van der Waals surface area contributed by atoms with Crippen molar-refractivity contribution in [1.29, 1.82) is 0 Å². The van der Waals surface area contributed by atoms with Gasteiger partial charge in [-0.2, -0.15) is 0 Å². The van der Waals surface area contributed by atoms with Gasteiger partial charge in [-0.05, 0) is 25.3 Å². The normalized spacial score (nSPS) is 17.4. The van der Waals surface area contributed by atoms with E-state index in [2.05, 4.69) is 10.3 Å². The number of piperazine rings is 1. The molecule has 0 atom stereocenters. The van der Waals surface area contributed by atoms with Gasteiger partial charge in [0.25, 0.3) is 0 Å². The molecular formula is C15H17N3O2S2. The van der Waals surface area contributed by atoms with E-state index in [-0.39, 0.29) is 18.2 Å². The molecule has 116 valence electrons. The van der Waals surface area contributed by atoms with Crippen LogP contribution in [0.15, 0.2) is 22.9 Å². The number of carbonyl (C=O) groups excluding carboxylic acids is 2. The topological polar surface area (TPSA) is 62.3 Å². The molecule has 0 aromatic carbocycles. The molecule has 1 aliphatic rings. The van der Waals surface area contributed by atoms with Crippen LogP contribution in [0.2, 0.25) is 0 Å². The number of amides is 2. The summed E-state index contributed by atoms with van der Waals surface area (Å²) in [6.07, 6.45) is 0.235. The second kappa shape index (κ2) is 5.81. The number of nitrogens with zero attached hydrogens (tertiary/aromatic N) is 2. The van der Waals surface area contributed by atoms with Gasteiger partial charge in [-0.25, -0.2) is 4.98 Å². The first kappa shape index (κ1) is 15.2. The highest BCUT2D eigenvalue weighted by atomic mass is 32.1. The molecule has 3 rings (SSSR count). The number of thiazole rings is 1. The van der Waals surface area contributed by atoms with Crippen molar-refractivity contribution in [3.05, 3.63) is 28.6 Å². The molecule has 2 aromatic heterocycles. The van der Waals surface area contributed by atoms with E-state index < -0.39 is 5.54 Å². The molecule has 1 saturated heterocycles. The van der Waals surface area contributed by atoms with Crippen LogP contribution in [-0.2, 0) is 16.0 Å². The van der Waals surface area contributed by atoms with Crippen LogP contribution in [0.3, 0.4) is 0 Å². The van der Waals surface area contributed by atoms with Crippen LogP contribution in [-0.4, -0.2) is 40.3 Å². The molecule has 2 amide bonds. The SMILES string of the molecule is CC1(C)C(=O)NCCN1C(=O)Cc1csc(-c2cccs2)n1. The lowest BCUT2D eigenvalue weighted by Gasteiger charge is -2.41. The molecule has 22 heavy (non-hydrogen) atoms. The van der Waals surface area contributed by atoms with Gasteiger partial charge in [0.2, 0.25) is 11.8 Å². The van der Waals surface area contributed by atoms with Crippen molar-refractivity contribution >= 4 is 34.5 Å². The molecule has 1 fully saturated rings. The van der Waals surface area contributed by atoms with Crippen molar-refractivity contribution in [3.63, 3.8) is 0 Å². The number of nitrogens with one attached hydrogen (secondary N) is 1. The van der Waals surface area contributed by atoms with Crippen LogP contribution in [0.5, 0.6) is 0 Å². The van der Waals surface area contributed by atoms with E-state index in [4.69, 9.17) is 0 Å². The molecule has 1 aliphatic heterocycles. The zero-order valence-electron chi connectivity index (χ0n) is 12.5. The molecule has 3 heterocycles. The molecule has 0 bridgehead atoms. The second-order valence-electron chi connectivity index (χ2n) is 5.66. The Morgan fingerprint density at radius 2 is 2.27 bits per heavy atom. The first-order valence-corrected chi connectivity index (χ1v) is 8.81. The maximum Gasteiger partial charge on any atom is 0.245 e. The van der Waals surface area contributed by atoms with Crippen LogP contribution in [0.1, 0.15) is 19.5 Å². The predicted octanol–water partition coefficient (Wildman–Crippen LogP) is 2.15. The molecule has 2 aromatic rings. The zero-order chi connectivity index (χ0) is 15.7. The number of hydrogen-bond donors (Lipinski definition) is 1. The van der Waals surface area contributed by atoms with Crippen LogP contribution in [0.25, 0.3) is 9.88 Å². The summed E-state index contributed by atoms with van der Waals surface area (Å²) in [6.45, 7) is 4.60. The van der Waals surface area contributed by atoms with Crippen molar-refractivity contribution in [2.75, 3.05) is 13.1 Å². The largest absolute Gasteiger partial charge is 0.352 e. The predicted molar refractivity (Wildman–Crippen MR) is 87.9 cm³/mol. The lowest BCUT2D eigenvalue weighted by atomic mass is 9.98. The number of hydrogen-bond acceptors (Lipinski definition) is 5. The van der Waals surface area contributed by atoms with E-state index in [1.165, 1.54) is 0 Å². The van der Waals surface area contributed by atoms with E-state index in [0.717, 1.165) is 15.6 Å². The Hall–Kier alpha value is -1.73.